The highest BCUT2D eigenvalue weighted by Crippen LogP contribution is 2.34. The van der Waals surface area contributed by atoms with E-state index in [1.54, 1.807) is 68.0 Å². The molecular formula is C22H21N3O5S. The van der Waals surface area contributed by atoms with E-state index in [4.69, 9.17) is 9.15 Å². The van der Waals surface area contributed by atoms with Gasteiger partial charge in [-0.05, 0) is 54.1 Å². The third-order valence-electron chi connectivity index (χ3n) is 4.83. The number of hydrogen-bond acceptors (Lipinski definition) is 6. The molecule has 1 N–H and O–H groups in total. The SMILES string of the molecule is COc1ccc(C(=O)N2N=C(c3cccc(NS(C)(=O)=O)c3)C[C@@H]2c2ccco2)cc1. The number of methoxy groups -OCH3 is 1. The summed E-state index contributed by atoms with van der Waals surface area (Å²) < 4.78 is 36.3. The number of benzene rings is 2. The number of hydrogen-bond donors (Lipinski definition) is 1. The Labute approximate surface area is 180 Å². The molecule has 31 heavy (non-hydrogen) atoms. The number of nitrogens with zero attached hydrogens (tertiary/aromatic N) is 2. The maximum absolute atomic E-state index is 13.2. The van der Waals surface area contributed by atoms with Gasteiger partial charge in [-0.3, -0.25) is 9.52 Å². The summed E-state index contributed by atoms with van der Waals surface area (Å²) in [4.78, 5) is 13.2. The van der Waals surface area contributed by atoms with Gasteiger partial charge in [-0.25, -0.2) is 13.4 Å². The maximum Gasteiger partial charge on any atom is 0.274 e. The number of hydrazone groups is 1. The number of nitrogens with one attached hydrogen (secondary N) is 1. The predicted molar refractivity (Wildman–Crippen MR) is 117 cm³/mol. The first-order valence-corrected chi connectivity index (χ1v) is 11.4. The van der Waals surface area contributed by atoms with Crippen molar-refractivity contribution in [3.8, 4) is 5.75 Å². The zero-order valence-corrected chi connectivity index (χ0v) is 17.8. The Morgan fingerprint density at radius 3 is 2.58 bits per heavy atom. The molecule has 0 radical (unpaired) electrons. The fourth-order valence-corrected chi connectivity index (χ4v) is 3.97. The van der Waals surface area contributed by atoms with Crippen LogP contribution in [-0.2, 0) is 10.0 Å². The van der Waals surface area contributed by atoms with Gasteiger partial charge in [0.05, 0.1) is 25.3 Å². The molecule has 0 aliphatic carbocycles. The number of amides is 1. The van der Waals surface area contributed by atoms with Crippen LogP contribution in [0, 0.1) is 0 Å². The summed E-state index contributed by atoms with van der Waals surface area (Å²) in [6.07, 6.45) is 3.08. The molecule has 0 saturated carbocycles. The van der Waals surface area contributed by atoms with E-state index in [1.807, 2.05) is 6.07 Å². The van der Waals surface area contributed by atoms with E-state index in [2.05, 4.69) is 9.82 Å². The zero-order valence-electron chi connectivity index (χ0n) is 17.0. The number of ether oxygens (including phenoxy) is 1. The quantitative estimate of drug-likeness (QED) is 0.632. The van der Waals surface area contributed by atoms with Crippen LogP contribution in [0.25, 0.3) is 0 Å². The van der Waals surface area contributed by atoms with Crippen LogP contribution in [-0.4, -0.2) is 38.4 Å². The van der Waals surface area contributed by atoms with Crippen molar-refractivity contribution in [3.05, 3.63) is 83.8 Å². The van der Waals surface area contributed by atoms with Gasteiger partial charge in [-0.2, -0.15) is 5.10 Å². The summed E-state index contributed by atoms with van der Waals surface area (Å²) in [5, 5.41) is 5.99. The Morgan fingerprint density at radius 1 is 1.16 bits per heavy atom. The Hall–Kier alpha value is -3.59. The van der Waals surface area contributed by atoms with Gasteiger partial charge in [0, 0.05) is 17.7 Å². The average Bonchev–Trinajstić information content (AvgIpc) is 3.42. The molecule has 1 amide bonds. The molecule has 0 spiro atoms. The van der Waals surface area contributed by atoms with E-state index in [9.17, 15) is 13.2 Å². The van der Waals surface area contributed by atoms with Crippen molar-refractivity contribution in [1.29, 1.82) is 0 Å². The molecule has 0 bridgehead atoms. The Balaban J connectivity index is 1.68. The van der Waals surface area contributed by atoms with Crippen LogP contribution in [0.5, 0.6) is 5.75 Å². The van der Waals surface area contributed by atoms with Gasteiger partial charge in [0.25, 0.3) is 5.91 Å². The summed E-state index contributed by atoms with van der Waals surface area (Å²) in [5.74, 6) is 0.996. The highest BCUT2D eigenvalue weighted by Gasteiger charge is 2.35. The van der Waals surface area contributed by atoms with E-state index in [1.165, 1.54) is 5.01 Å². The number of carbonyl (C=O) groups excluding carboxylic acids is 1. The summed E-state index contributed by atoms with van der Waals surface area (Å²) in [7, 11) is -1.85. The zero-order chi connectivity index (χ0) is 22.0. The molecule has 4 rings (SSSR count). The van der Waals surface area contributed by atoms with Gasteiger partial charge in [-0.15, -0.1) is 0 Å². The lowest BCUT2D eigenvalue weighted by Crippen LogP contribution is -2.26. The highest BCUT2D eigenvalue weighted by atomic mass is 32.2. The van der Waals surface area contributed by atoms with Crippen molar-refractivity contribution in [3.63, 3.8) is 0 Å². The van der Waals surface area contributed by atoms with Gasteiger partial charge in [0.2, 0.25) is 10.0 Å². The van der Waals surface area contributed by atoms with Gasteiger partial charge >= 0.3 is 0 Å². The first-order chi connectivity index (χ1) is 14.8. The minimum absolute atomic E-state index is 0.274. The lowest BCUT2D eigenvalue weighted by molar-refractivity contribution is 0.0693. The molecule has 1 atom stereocenters. The lowest BCUT2D eigenvalue weighted by atomic mass is 10.0. The molecule has 160 valence electrons. The number of anilines is 1. The number of sulfonamides is 1. The number of furan rings is 1. The normalized spacial score (nSPS) is 16.1. The van der Waals surface area contributed by atoms with E-state index >= 15 is 0 Å². The van der Waals surface area contributed by atoms with E-state index in [-0.39, 0.29) is 5.91 Å². The molecular weight excluding hydrogens is 418 g/mol. The number of rotatable bonds is 6. The third kappa shape index (κ3) is 4.61. The molecule has 1 aromatic heterocycles. The second kappa shape index (κ2) is 8.27. The topological polar surface area (TPSA) is 101 Å². The molecule has 8 nitrogen and oxygen atoms in total. The summed E-state index contributed by atoms with van der Waals surface area (Å²) in [6, 6.07) is 16.9. The first-order valence-electron chi connectivity index (χ1n) is 9.51. The standard InChI is InChI=1S/C22H21N3O5S/c1-29-18-10-8-15(9-11-18)22(26)25-20(21-7-4-12-30-21)14-19(23-25)16-5-3-6-17(13-16)24-31(2,27)28/h3-13,20,24H,14H2,1-2H3/t20-/m1/s1. The molecule has 2 aromatic carbocycles. The van der Waals surface area contributed by atoms with Crippen molar-refractivity contribution >= 4 is 27.3 Å². The minimum atomic E-state index is -3.41. The second-order valence-electron chi connectivity index (χ2n) is 7.12. The fraction of sp³-hybridized carbons (Fsp3) is 0.182. The summed E-state index contributed by atoms with van der Waals surface area (Å²) in [5.41, 5.74) is 2.27. The smallest absolute Gasteiger partial charge is 0.274 e. The van der Waals surface area contributed by atoms with Crippen LogP contribution in [0.3, 0.4) is 0 Å². The van der Waals surface area contributed by atoms with Crippen LogP contribution >= 0.6 is 0 Å². The van der Waals surface area contributed by atoms with Crippen LogP contribution in [0.2, 0.25) is 0 Å². The molecule has 1 aliphatic heterocycles. The maximum atomic E-state index is 13.2. The highest BCUT2D eigenvalue weighted by molar-refractivity contribution is 7.92. The van der Waals surface area contributed by atoms with Crippen molar-refractivity contribution in [2.45, 2.75) is 12.5 Å². The van der Waals surface area contributed by atoms with Crippen molar-refractivity contribution in [2.75, 3.05) is 18.1 Å². The third-order valence-corrected chi connectivity index (χ3v) is 5.43. The van der Waals surface area contributed by atoms with Gasteiger partial charge in [0.1, 0.15) is 17.6 Å². The average molecular weight is 439 g/mol. The van der Waals surface area contributed by atoms with Crippen molar-refractivity contribution in [2.24, 2.45) is 5.10 Å². The van der Waals surface area contributed by atoms with Crippen LogP contribution in [0.15, 0.2) is 76.4 Å². The van der Waals surface area contributed by atoms with Crippen molar-refractivity contribution in [1.82, 2.24) is 5.01 Å². The van der Waals surface area contributed by atoms with E-state index < -0.39 is 16.1 Å². The Morgan fingerprint density at radius 2 is 1.94 bits per heavy atom. The van der Waals surface area contributed by atoms with Crippen LogP contribution in [0.4, 0.5) is 5.69 Å². The Kier molecular flexibility index (Phi) is 5.51. The summed E-state index contributed by atoms with van der Waals surface area (Å²) in [6.45, 7) is 0. The molecule has 0 unspecified atom stereocenters. The minimum Gasteiger partial charge on any atom is -0.497 e. The largest absolute Gasteiger partial charge is 0.497 e. The molecule has 9 heteroatoms. The molecule has 2 heterocycles. The molecule has 0 saturated heterocycles. The van der Waals surface area contributed by atoms with Gasteiger partial charge < -0.3 is 9.15 Å². The number of carbonyl (C=O) groups is 1. The first kappa shape index (κ1) is 20.7. The summed E-state index contributed by atoms with van der Waals surface area (Å²) >= 11 is 0. The van der Waals surface area contributed by atoms with E-state index in [0.29, 0.717) is 34.9 Å². The Bertz CT molecular complexity index is 1220. The fourth-order valence-electron chi connectivity index (χ4n) is 3.42. The van der Waals surface area contributed by atoms with Crippen molar-refractivity contribution < 1.29 is 22.4 Å². The van der Waals surface area contributed by atoms with E-state index in [0.717, 1.165) is 11.8 Å². The molecule has 0 fully saturated rings. The monoisotopic (exact) mass is 439 g/mol. The van der Waals surface area contributed by atoms with Crippen LogP contribution in [0.1, 0.15) is 34.1 Å². The molecule has 1 aliphatic rings. The second-order valence-corrected chi connectivity index (χ2v) is 8.86. The van der Waals surface area contributed by atoms with Crippen LogP contribution < -0.4 is 9.46 Å². The predicted octanol–water partition coefficient (Wildman–Crippen LogP) is 3.65. The van der Waals surface area contributed by atoms with Gasteiger partial charge in [-0.1, -0.05) is 12.1 Å². The lowest BCUT2D eigenvalue weighted by Gasteiger charge is -2.20. The molecule has 3 aromatic rings. The van der Waals surface area contributed by atoms with Gasteiger partial charge in [0.15, 0.2) is 0 Å².